The zero-order valence-corrected chi connectivity index (χ0v) is 17.6. The minimum absolute atomic E-state index is 0.619. The molecule has 0 atom stereocenters. The van der Waals surface area contributed by atoms with Gasteiger partial charge in [-0.2, -0.15) is 0 Å². The summed E-state index contributed by atoms with van der Waals surface area (Å²) in [5.74, 6) is 0.671. The number of rotatable bonds is 5. The van der Waals surface area contributed by atoms with E-state index in [-0.39, 0.29) is 0 Å². The average Bonchev–Trinajstić information content (AvgIpc) is 3.28. The first-order chi connectivity index (χ1) is 14.8. The van der Waals surface area contributed by atoms with Crippen LogP contribution in [0, 0.1) is 0 Å². The second kappa shape index (κ2) is 8.08. The van der Waals surface area contributed by atoms with Gasteiger partial charge in [0.25, 0.3) is 0 Å². The summed E-state index contributed by atoms with van der Waals surface area (Å²) in [5.41, 5.74) is 4.86. The van der Waals surface area contributed by atoms with E-state index in [2.05, 4.69) is 49.5 Å². The lowest BCUT2D eigenvalue weighted by Crippen LogP contribution is -2.03. The largest absolute Gasteiger partial charge is 0.379 e. The third-order valence-electron chi connectivity index (χ3n) is 4.85. The van der Waals surface area contributed by atoms with Crippen molar-refractivity contribution in [1.82, 2.24) is 19.7 Å². The summed E-state index contributed by atoms with van der Waals surface area (Å²) < 4.78 is 2.78. The number of hydrogen-bond donors (Lipinski definition) is 1. The van der Waals surface area contributed by atoms with Crippen molar-refractivity contribution < 1.29 is 0 Å². The van der Waals surface area contributed by atoms with Crippen LogP contribution < -0.4 is 5.32 Å². The van der Waals surface area contributed by atoms with Crippen LogP contribution in [0.3, 0.4) is 0 Å². The second-order valence-electron chi connectivity index (χ2n) is 6.89. The van der Waals surface area contributed by atoms with Gasteiger partial charge >= 0.3 is 0 Å². The molecule has 0 saturated heterocycles. The molecule has 0 aliphatic rings. The lowest BCUT2D eigenvalue weighted by Gasteiger charge is -2.10. The molecule has 1 N–H and O–H groups in total. The molecule has 5 rings (SSSR count). The number of pyridine rings is 1. The van der Waals surface area contributed by atoms with E-state index in [0.717, 1.165) is 38.0 Å². The van der Waals surface area contributed by atoms with Crippen molar-refractivity contribution in [3.8, 4) is 17.1 Å². The molecule has 0 fully saturated rings. The number of halogens is 1. The molecule has 6 heteroatoms. The Morgan fingerprint density at radius 3 is 2.67 bits per heavy atom. The predicted octanol–water partition coefficient (Wildman–Crippen LogP) is 5.86. The molecule has 0 unspecified atom stereocenters. The fraction of sp³-hybridized carbons (Fsp3) is 0.0417. The van der Waals surface area contributed by atoms with Crippen LogP contribution in [0.4, 0.5) is 5.69 Å². The van der Waals surface area contributed by atoms with Crippen molar-refractivity contribution in [3.05, 3.63) is 101 Å². The predicted molar refractivity (Wildman–Crippen MR) is 124 cm³/mol. The summed E-state index contributed by atoms with van der Waals surface area (Å²) in [7, 11) is 0. The van der Waals surface area contributed by atoms with Gasteiger partial charge in [0.1, 0.15) is 6.33 Å². The van der Waals surface area contributed by atoms with Crippen LogP contribution in [0.15, 0.2) is 95.7 Å². The first-order valence-electron chi connectivity index (χ1n) is 9.62. The summed E-state index contributed by atoms with van der Waals surface area (Å²) in [6.45, 7) is 0.619. The normalized spacial score (nSPS) is 11.0. The van der Waals surface area contributed by atoms with E-state index in [1.54, 1.807) is 11.0 Å². The van der Waals surface area contributed by atoms with Crippen LogP contribution in [-0.4, -0.2) is 19.7 Å². The maximum atomic E-state index is 4.74. The SMILES string of the molecule is Brc1cccc(-n2cnc(-c3ccccc3NCc3ccc4ccccc4n3)n2)c1. The maximum Gasteiger partial charge on any atom is 0.183 e. The molecular formula is C24H18BrN5. The van der Waals surface area contributed by atoms with E-state index >= 15 is 0 Å². The first kappa shape index (κ1) is 18.5. The topological polar surface area (TPSA) is 55.6 Å². The molecule has 0 spiro atoms. The van der Waals surface area contributed by atoms with Gasteiger partial charge in [0.15, 0.2) is 5.82 Å². The number of aromatic nitrogens is 4. The van der Waals surface area contributed by atoms with Crippen LogP contribution in [0.2, 0.25) is 0 Å². The van der Waals surface area contributed by atoms with E-state index in [4.69, 9.17) is 4.98 Å². The van der Waals surface area contributed by atoms with E-state index in [0.29, 0.717) is 12.4 Å². The van der Waals surface area contributed by atoms with E-state index in [1.807, 2.05) is 66.7 Å². The van der Waals surface area contributed by atoms with Gasteiger partial charge in [-0.25, -0.2) is 9.67 Å². The minimum atomic E-state index is 0.619. The smallest absolute Gasteiger partial charge is 0.183 e. The van der Waals surface area contributed by atoms with Crippen molar-refractivity contribution in [1.29, 1.82) is 0 Å². The first-order valence-corrected chi connectivity index (χ1v) is 10.4. The molecule has 2 heterocycles. The van der Waals surface area contributed by atoms with Crippen LogP contribution in [-0.2, 0) is 6.54 Å². The highest BCUT2D eigenvalue weighted by molar-refractivity contribution is 9.10. The van der Waals surface area contributed by atoms with Gasteiger partial charge in [0.2, 0.25) is 0 Å². The Bertz CT molecular complexity index is 1330. The van der Waals surface area contributed by atoms with Gasteiger partial charge in [-0.1, -0.05) is 58.4 Å². The molecular weight excluding hydrogens is 438 g/mol. The molecule has 0 aliphatic heterocycles. The van der Waals surface area contributed by atoms with E-state index in [1.165, 1.54) is 0 Å². The van der Waals surface area contributed by atoms with Crippen LogP contribution in [0.1, 0.15) is 5.69 Å². The molecule has 146 valence electrons. The second-order valence-corrected chi connectivity index (χ2v) is 7.80. The standard InChI is InChI=1S/C24H18BrN5/c25-18-7-5-8-20(14-18)30-16-27-24(29-30)21-9-2-4-11-23(21)26-15-19-13-12-17-6-1-3-10-22(17)28-19/h1-14,16,26H,15H2. The minimum Gasteiger partial charge on any atom is -0.379 e. The number of anilines is 1. The fourth-order valence-corrected chi connectivity index (χ4v) is 3.74. The molecule has 0 amide bonds. The average molecular weight is 456 g/mol. The quantitative estimate of drug-likeness (QED) is 0.360. The Labute approximate surface area is 182 Å². The Morgan fingerprint density at radius 1 is 0.867 bits per heavy atom. The van der Waals surface area contributed by atoms with Gasteiger partial charge in [0, 0.05) is 21.1 Å². The zero-order valence-electron chi connectivity index (χ0n) is 16.0. The van der Waals surface area contributed by atoms with Gasteiger partial charge in [-0.15, -0.1) is 5.10 Å². The number of hydrogen-bond acceptors (Lipinski definition) is 4. The molecule has 5 aromatic rings. The highest BCUT2D eigenvalue weighted by Crippen LogP contribution is 2.26. The number of benzene rings is 3. The molecule has 0 radical (unpaired) electrons. The van der Waals surface area contributed by atoms with Crippen molar-refractivity contribution in [2.75, 3.05) is 5.32 Å². The van der Waals surface area contributed by atoms with E-state index in [9.17, 15) is 0 Å². The Morgan fingerprint density at radius 2 is 1.73 bits per heavy atom. The molecule has 0 bridgehead atoms. The number of para-hydroxylation sites is 2. The molecule has 0 aliphatic carbocycles. The lowest BCUT2D eigenvalue weighted by molar-refractivity contribution is 0.881. The van der Waals surface area contributed by atoms with Crippen molar-refractivity contribution in [2.45, 2.75) is 6.54 Å². The monoisotopic (exact) mass is 455 g/mol. The van der Waals surface area contributed by atoms with Crippen LogP contribution in [0.25, 0.3) is 28.0 Å². The number of nitrogens with zero attached hydrogens (tertiary/aromatic N) is 4. The molecule has 0 saturated carbocycles. The van der Waals surface area contributed by atoms with Gasteiger partial charge in [0.05, 0.1) is 23.4 Å². The van der Waals surface area contributed by atoms with E-state index < -0.39 is 0 Å². The molecule has 30 heavy (non-hydrogen) atoms. The number of nitrogens with one attached hydrogen (secondary N) is 1. The third kappa shape index (κ3) is 3.82. The number of fused-ring (bicyclic) bond motifs is 1. The molecule has 5 nitrogen and oxygen atoms in total. The lowest BCUT2D eigenvalue weighted by atomic mass is 10.1. The summed E-state index contributed by atoms with van der Waals surface area (Å²) in [6, 6.07) is 28.3. The molecule has 2 aromatic heterocycles. The van der Waals surface area contributed by atoms with Crippen LogP contribution >= 0.6 is 15.9 Å². The van der Waals surface area contributed by atoms with Crippen molar-refractivity contribution in [3.63, 3.8) is 0 Å². The highest BCUT2D eigenvalue weighted by atomic mass is 79.9. The van der Waals surface area contributed by atoms with Gasteiger partial charge in [-0.05, 0) is 42.5 Å². The third-order valence-corrected chi connectivity index (χ3v) is 5.34. The summed E-state index contributed by atoms with van der Waals surface area (Å²) >= 11 is 3.50. The van der Waals surface area contributed by atoms with Gasteiger partial charge < -0.3 is 5.32 Å². The van der Waals surface area contributed by atoms with Crippen LogP contribution in [0.5, 0.6) is 0 Å². The summed E-state index contributed by atoms with van der Waals surface area (Å²) in [5, 5.41) is 9.31. The maximum absolute atomic E-state index is 4.74. The highest BCUT2D eigenvalue weighted by Gasteiger charge is 2.11. The van der Waals surface area contributed by atoms with Crippen molar-refractivity contribution >= 4 is 32.5 Å². The summed E-state index contributed by atoms with van der Waals surface area (Å²) in [4.78, 5) is 9.27. The fourth-order valence-electron chi connectivity index (χ4n) is 3.35. The Balaban J connectivity index is 1.40. The summed E-state index contributed by atoms with van der Waals surface area (Å²) in [6.07, 6.45) is 1.73. The van der Waals surface area contributed by atoms with Gasteiger partial charge in [-0.3, -0.25) is 4.98 Å². The Hall–Kier alpha value is -3.51. The zero-order chi connectivity index (χ0) is 20.3. The molecule has 3 aromatic carbocycles. The van der Waals surface area contributed by atoms with Crippen molar-refractivity contribution in [2.24, 2.45) is 0 Å². The Kier molecular flexibility index (Phi) is 4.99.